The van der Waals surface area contributed by atoms with E-state index in [1.54, 1.807) is 0 Å². The number of hydrogen-bond acceptors (Lipinski definition) is 5. The van der Waals surface area contributed by atoms with Crippen molar-refractivity contribution in [3.8, 4) is 0 Å². The molecule has 7 nitrogen and oxygen atoms in total. The number of aliphatic hydroxyl groups is 1. The van der Waals surface area contributed by atoms with Gasteiger partial charge in [0.25, 0.3) is 5.56 Å². The molecule has 2 rings (SSSR count). The third kappa shape index (κ3) is 3.64. The van der Waals surface area contributed by atoms with Crippen LogP contribution in [0.4, 0.5) is 4.39 Å². The van der Waals surface area contributed by atoms with Gasteiger partial charge in [-0.25, -0.2) is 9.18 Å². The quantitative estimate of drug-likeness (QED) is 0.695. The van der Waals surface area contributed by atoms with Crippen LogP contribution in [0.2, 0.25) is 18.1 Å². The number of alkyl halides is 1. The highest BCUT2D eigenvalue weighted by Gasteiger charge is 2.58. The number of ether oxygens (including phenoxy) is 1. The molecule has 0 saturated carbocycles. The van der Waals surface area contributed by atoms with Crippen LogP contribution in [0.3, 0.4) is 0 Å². The van der Waals surface area contributed by atoms with Gasteiger partial charge in [0.2, 0.25) is 0 Å². The number of H-pyrrole nitrogens is 2. The average molecular weight is 374 g/mol. The first-order chi connectivity index (χ1) is 11.3. The Balaban J connectivity index is 2.42. The summed E-state index contributed by atoms with van der Waals surface area (Å²) in [5.41, 5.74) is -3.49. The van der Waals surface area contributed by atoms with Gasteiger partial charge in [0.1, 0.15) is 18.3 Å². The molecular weight excluding hydrogens is 347 g/mol. The van der Waals surface area contributed by atoms with E-state index in [2.05, 4.69) is 9.97 Å². The molecule has 0 aliphatic carbocycles. The summed E-state index contributed by atoms with van der Waals surface area (Å²) in [5.74, 6) is 0. The molecule has 0 amide bonds. The fourth-order valence-corrected chi connectivity index (χ4v) is 4.08. The third-order valence-electron chi connectivity index (χ3n) is 5.26. The first kappa shape index (κ1) is 20.0. The molecular formula is C16H27FN2O5Si. The van der Waals surface area contributed by atoms with Gasteiger partial charge in [-0.3, -0.25) is 9.78 Å². The van der Waals surface area contributed by atoms with Crippen molar-refractivity contribution in [2.45, 2.75) is 69.8 Å². The second-order valence-electron chi connectivity index (χ2n) is 8.21. The lowest BCUT2D eigenvalue weighted by atomic mass is 9.91. The predicted molar refractivity (Wildman–Crippen MR) is 94.0 cm³/mol. The lowest BCUT2D eigenvalue weighted by Gasteiger charge is -2.41. The van der Waals surface area contributed by atoms with Crippen molar-refractivity contribution in [1.82, 2.24) is 9.97 Å². The van der Waals surface area contributed by atoms with Gasteiger partial charge in [0.05, 0.1) is 12.2 Å². The Labute approximate surface area is 146 Å². The SMILES string of the molecule is CC(C)(C)[Si](C)(C)O[C@@H]1[C@@H](CO)O[C@H](c2c[nH]c(=O)[nH]c2=O)[C@@]1(C)F. The second-order valence-corrected chi connectivity index (χ2v) is 13.0. The molecule has 0 radical (unpaired) electrons. The molecule has 0 bridgehead atoms. The average Bonchev–Trinajstić information content (AvgIpc) is 2.69. The molecule has 25 heavy (non-hydrogen) atoms. The van der Waals surface area contributed by atoms with E-state index in [0.717, 1.165) is 6.20 Å². The second kappa shape index (κ2) is 6.46. The summed E-state index contributed by atoms with van der Waals surface area (Å²) in [7, 11) is -2.34. The summed E-state index contributed by atoms with van der Waals surface area (Å²) in [4.78, 5) is 27.6. The van der Waals surface area contributed by atoms with Crippen LogP contribution >= 0.6 is 0 Å². The molecule has 0 unspecified atom stereocenters. The lowest BCUT2D eigenvalue weighted by Crippen LogP contribution is -2.52. The Morgan fingerprint density at radius 3 is 2.48 bits per heavy atom. The molecule has 9 heteroatoms. The number of nitrogens with one attached hydrogen (secondary N) is 2. The van der Waals surface area contributed by atoms with Crippen LogP contribution < -0.4 is 11.2 Å². The highest BCUT2D eigenvalue weighted by atomic mass is 28.4. The van der Waals surface area contributed by atoms with E-state index in [1.165, 1.54) is 6.92 Å². The van der Waals surface area contributed by atoms with Gasteiger partial charge in [-0.1, -0.05) is 20.8 Å². The molecule has 2 heterocycles. The van der Waals surface area contributed by atoms with Crippen molar-refractivity contribution in [2.24, 2.45) is 0 Å². The first-order valence-corrected chi connectivity index (χ1v) is 11.2. The summed E-state index contributed by atoms with van der Waals surface area (Å²) >= 11 is 0. The maximum absolute atomic E-state index is 15.7. The molecule has 1 saturated heterocycles. The van der Waals surface area contributed by atoms with Crippen molar-refractivity contribution >= 4 is 8.32 Å². The van der Waals surface area contributed by atoms with Crippen molar-refractivity contribution in [3.05, 3.63) is 32.6 Å². The van der Waals surface area contributed by atoms with Gasteiger partial charge < -0.3 is 19.3 Å². The minimum absolute atomic E-state index is 0.0376. The predicted octanol–water partition coefficient (Wildman–Crippen LogP) is 1.61. The molecule has 142 valence electrons. The van der Waals surface area contributed by atoms with Crippen molar-refractivity contribution in [3.63, 3.8) is 0 Å². The number of aromatic amines is 2. The van der Waals surface area contributed by atoms with E-state index in [9.17, 15) is 14.7 Å². The van der Waals surface area contributed by atoms with E-state index >= 15 is 4.39 Å². The third-order valence-corrected chi connectivity index (χ3v) is 9.71. The first-order valence-electron chi connectivity index (χ1n) is 8.26. The molecule has 1 aromatic rings. The Morgan fingerprint density at radius 1 is 1.40 bits per heavy atom. The van der Waals surface area contributed by atoms with Gasteiger partial charge in [-0.2, -0.15) is 0 Å². The van der Waals surface area contributed by atoms with Gasteiger partial charge in [-0.15, -0.1) is 0 Å². The standard InChI is InChI=1S/C16H27FN2O5Si/c1-15(2,3)25(5,6)24-12-10(8-20)23-11(16(12,4)17)9-7-18-14(22)19-13(9)21/h7,10-12,20H,8H2,1-6H3,(H2,18,19,21,22)/t10-,11-,12-,16-/m1/s1. The minimum Gasteiger partial charge on any atom is -0.408 e. The van der Waals surface area contributed by atoms with E-state index in [-0.39, 0.29) is 10.6 Å². The number of aliphatic hydroxyl groups excluding tert-OH is 1. The Morgan fingerprint density at radius 2 is 2.00 bits per heavy atom. The zero-order valence-corrected chi connectivity index (χ0v) is 16.5. The zero-order valence-electron chi connectivity index (χ0n) is 15.5. The van der Waals surface area contributed by atoms with E-state index < -0.39 is 50.2 Å². The van der Waals surface area contributed by atoms with Gasteiger partial charge >= 0.3 is 5.69 Å². The number of aromatic nitrogens is 2. The highest BCUT2D eigenvalue weighted by molar-refractivity contribution is 6.74. The van der Waals surface area contributed by atoms with E-state index in [4.69, 9.17) is 9.16 Å². The van der Waals surface area contributed by atoms with Crippen molar-refractivity contribution in [1.29, 1.82) is 0 Å². The van der Waals surface area contributed by atoms with Crippen LogP contribution in [0, 0.1) is 0 Å². The van der Waals surface area contributed by atoms with Gasteiger partial charge in [-0.05, 0) is 25.1 Å². The fourth-order valence-electron chi connectivity index (χ4n) is 2.71. The number of hydrogen-bond donors (Lipinski definition) is 3. The van der Waals surface area contributed by atoms with Crippen molar-refractivity contribution in [2.75, 3.05) is 6.61 Å². The summed E-state index contributed by atoms with van der Waals surface area (Å²) in [5, 5.41) is 9.49. The summed E-state index contributed by atoms with van der Waals surface area (Å²) in [6.45, 7) is 10.9. The molecule has 0 aromatic carbocycles. The van der Waals surface area contributed by atoms with Gasteiger partial charge in [0, 0.05) is 6.20 Å². The van der Waals surface area contributed by atoms with Crippen LogP contribution in [0.15, 0.2) is 15.8 Å². The number of rotatable bonds is 4. The molecule has 1 fully saturated rings. The maximum Gasteiger partial charge on any atom is 0.325 e. The van der Waals surface area contributed by atoms with Crippen LogP contribution in [-0.4, -0.2) is 47.9 Å². The zero-order chi connectivity index (χ0) is 19.2. The largest absolute Gasteiger partial charge is 0.408 e. The lowest BCUT2D eigenvalue weighted by molar-refractivity contribution is -0.0218. The molecule has 1 aromatic heterocycles. The monoisotopic (exact) mass is 374 g/mol. The number of halogens is 1. The normalized spacial score (nSPS) is 30.6. The highest BCUT2D eigenvalue weighted by Crippen LogP contribution is 2.48. The summed E-state index contributed by atoms with van der Waals surface area (Å²) < 4.78 is 27.5. The van der Waals surface area contributed by atoms with E-state index in [1.807, 2.05) is 33.9 Å². The molecule has 1 aliphatic heterocycles. The Bertz CT molecular complexity index is 737. The molecule has 1 aliphatic rings. The van der Waals surface area contributed by atoms with Crippen LogP contribution in [0.5, 0.6) is 0 Å². The smallest absolute Gasteiger partial charge is 0.325 e. The summed E-state index contributed by atoms with van der Waals surface area (Å²) in [6, 6.07) is 0. The maximum atomic E-state index is 15.7. The van der Waals surface area contributed by atoms with Crippen LogP contribution in [0.1, 0.15) is 39.4 Å². The van der Waals surface area contributed by atoms with Crippen LogP contribution in [0.25, 0.3) is 0 Å². The Hall–Kier alpha value is -1.29. The minimum atomic E-state index is -2.34. The molecule has 4 atom stereocenters. The molecule has 3 N–H and O–H groups in total. The van der Waals surface area contributed by atoms with Gasteiger partial charge in [0.15, 0.2) is 14.0 Å². The van der Waals surface area contributed by atoms with Crippen molar-refractivity contribution < 1.29 is 18.7 Å². The molecule has 0 spiro atoms. The fraction of sp³-hybridized carbons (Fsp3) is 0.750. The summed E-state index contributed by atoms with van der Waals surface area (Å²) in [6.07, 6.45) is -2.03. The van der Waals surface area contributed by atoms with E-state index in [0.29, 0.717) is 0 Å². The topological polar surface area (TPSA) is 104 Å². The van der Waals surface area contributed by atoms with Crippen LogP contribution in [-0.2, 0) is 9.16 Å². The Kier molecular flexibility index (Phi) is 5.17.